The molecule has 2 N–H and O–H groups in total. The summed E-state index contributed by atoms with van der Waals surface area (Å²) in [7, 11) is 0. The molecule has 0 unspecified atom stereocenters. The third-order valence-corrected chi connectivity index (χ3v) is 2.06. The van der Waals surface area contributed by atoms with Gasteiger partial charge in [0, 0.05) is 17.5 Å². The summed E-state index contributed by atoms with van der Waals surface area (Å²) in [6, 6.07) is 6.56. The number of hydrogen-bond acceptors (Lipinski definition) is 4. The average Bonchev–Trinajstić information content (AvgIpc) is 2.16. The summed E-state index contributed by atoms with van der Waals surface area (Å²) in [5, 5.41) is 0.880. The summed E-state index contributed by atoms with van der Waals surface area (Å²) < 4.78 is 4.99. The van der Waals surface area contributed by atoms with Crippen molar-refractivity contribution >= 4 is 11.0 Å². The summed E-state index contributed by atoms with van der Waals surface area (Å²) in [6.45, 7) is 1.85. The second kappa shape index (κ2) is 3.16. The molecule has 0 aliphatic carbocycles. The molecule has 0 fully saturated rings. The Hall–Kier alpha value is -1.81. The normalized spacial score (nSPS) is 10.4. The highest BCUT2D eigenvalue weighted by molar-refractivity contribution is 5.81. The third kappa shape index (κ3) is 1.36. The first kappa shape index (κ1) is 8.77. The van der Waals surface area contributed by atoms with E-state index >= 15 is 0 Å². The average molecular weight is 191 g/mol. The maximum absolute atomic E-state index is 11.1. The van der Waals surface area contributed by atoms with Crippen molar-refractivity contribution in [3.63, 3.8) is 0 Å². The predicted molar refractivity (Wildman–Crippen MR) is 52.0 cm³/mol. The van der Waals surface area contributed by atoms with E-state index in [0.717, 1.165) is 10.9 Å². The molecule has 4 nitrogen and oxygen atoms in total. The molecule has 1 aromatic heterocycles. The van der Waals surface area contributed by atoms with Gasteiger partial charge in [0.25, 0.3) is 0 Å². The molecule has 14 heavy (non-hydrogen) atoms. The molecular formula is C10H9NO3. The fraction of sp³-hybridized carbons (Fsp3) is 0.100. The van der Waals surface area contributed by atoms with Gasteiger partial charge in [0.05, 0.1) is 0 Å². The van der Waals surface area contributed by atoms with Gasteiger partial charge in [-0.3, -0.25) is 0 Å². The lowest BCUT2D eigenvalue weighted by Gasteiger charge is -2.02. The predicted octanol–water partition coefficient (Wildman–Crippen LogP) is 1.35. The third-order valence-electron chi connectivity index (χ3n) is 2.06. The Morgan fingerprint density at radius 1 is 1.36 bits per heavy atom. The highest BCUT2D eigenvalue weighted by atomic mass is 16.6. The van der Waals surface area contributed by atoms with Crippen LogP contribution < -0.4 is 16.4 Å². The van der Waals surface area contributed by atoms with E-state index in [2.05, 4.69) is 4.84 Å². The van der Waals surface area contributed by atoms with E-state index in [9.17, 15) is 4.79 Å². The van der Waals surface area contributed by atoms with Crippen LogP contribution in [0.25, 0.3) is 11.0 Å². The van der Waals surface area contributed by atoms with Gasteiger partial charge in [-0.15, -0.1) is 0 Å². The van der Waals surface area contributed by atoms with Crippen LogP contribution in [0.15, 0.2) is 33.5 Å². The number of aryl methyl sites for hydroxylation is 1. The molecule has 0 amide bonds. The van der Waals surface area contributed by atoms with Crippen molar-refractivity contribution in [2.24, 2.45) is 5.90 Å². The fourth-order valence-electron chi connectivity index (χ4n) is 1.38. The molecule has 0 radical (unpaired) electrons. The molecule has 2 aromatic rings. The topological polar surface area (TPSA) is 65.5 Å². The summed E-state index contributed by atoms with van der Waals surface area (Å²) in [5.74, 6) is 5.46. The van der Waals surface area contributed by atoms with Crippen molar-refractivity contribution in [2.45, 2.75) is 6.92 Å². The van der Waals surface area contributed by atoms with Crippen LogP contribution in [0.4, 0.5) is 0 Å². The quantitative estimate of drug-likeness (QED) is 0.545. The molecule has 0 saturated heterocycles. The largest absolute Gasteiger partial charge is 0.423 e. The Morgan fingerprint density at radius 2 is 2.14 bits per heavy atom. The van der Waals surface area contributed by atoms with Gasteiger partial charge >= 0.3 is 5.63 Å². The van der Waals surface area contributed by atoms with Crippen molar-refractivity contribution in [2.75, 3.05) is 0 Å². The molecule has 2 rings (SSSR count). The zero-order valence-electron chi connectivity index (χ0n) is 7.61. The first-order valence-corrected chi connectivity index (χ1v) is 4.12. The summed E-state index contributed by atoms with van der Waals surface area (Å²) in [5.41, 5.74) is 0.988. The first-order chi connectivity index (χ1) is 6.70. The molecule has 0 saturated carbocycles. The zero-order chi connectivity index (χ0) is 10.1. The summed E-state index contributed by atoms with van der Waals surface area (Å²) in [6.07, 6.45) is 0. The molecule has 4 heteroatoms. The zero-order valence-corrected chi connectivity index (χ0v) is 7.61. The minimum Gasteiger partial charge on any atom is -0.423 e. The van der Waals surface area contributed by atoms with Gasteiger partial charge in [-0.05, 0) is 24.6 Å². The number of nitrogens with two attached hydrogens (primary N) is 1. The molecule has 72 valence electrons. The Kier molecular flexibility index (Phi) is 1.98. The second-order valence-electron chi connectivity index (χ2n) is 3.02. The van der Waals surface area contributed by atoms with E-state index in [1.165, 1.54) is 6.07 Å². The van der Waals surface area contributed by atoms with Gasteiger partial charge < -0.3 is 9.25 Å². The van der Waals surface area contributed by atoms with Crippen molar-refractivity contribution in [3.05, 3.63) is 40.2 Å². The van der Waals surface area contributed by atoms with Crippen LogP contribution in [0.1, 0.15) is 5.56 Å². The molecule has 0 aliphatic heterocycles. The second-order valence-corrected chi connectivity index (χ2v) is 3.02. The van der Waals surface area contributed by atoms with Crippen molar-refractivity contribution in [3.8, 4) is 5.75 Å². The maximum atomic E-state index is 11.1. The van der Waals surface area contributed by atoms with Gasteiger partial charge in [-0.2, -0.15) is 5.90 Å². The van der Waals surface area contributed by atoms with E-state index in [-0.39, 0.29) is 5.63 Å². The van der Waals surface area contributed by atoms with E-state index in [1.54, 1.807) is 18.2 Å². The maximum Gasteiger partial charge on any atom is 0.336 e. The van der Waals surface area contributed by atoms with Crippen LogP contribution >= 0.6 is 0 Å². The Morgan fingerprint density at radius 3 is 2.86 bits per heavy atom. The molecule has 0 spiro atoms. The molecule has 0 aliphatic rings. The molecule has 1 heterocycles. The van der Waals surface area contributed by atoms with E-state index in [0.29, 0.717) is 11.3 Å². The Bertz CT molecular complexity index is 530. The number of hydrogen-bond donors (Lipinski definition) is 1. The lowest BCUT2D eigenvalue weighted by Crippen LogP contribution is -2.02. The highest BCUT2D eigenvalue weighted by Crippen LogP contribution is 2.21. The van der Waals surface area contributed by atoms with Crippen LogP contribution in [-0.2, 0) is 0 Å². The monoisotopic (exact) mass is 191 g/mol. The van der Waals surface area contributed by atoms with E-state index < -0.39 is 0 Å². The van der Waals surface area contributed by atoms with Crippen LogP contribution in [0.3, 0.4) is 0 Å². The smallest absolute Gasteiger partial charge is 0.336 e. The lowest BCUT2D eigenvalue weighted by molar-refractivity contribution is 0.334. The molecule has 0 atom stereocenters. The number of fused-ring (bicyclic) bond motifs is 1. The van der Waals surface area contributed by atoms with Crippen LogP contribution in [-0.4, -0.2) is 0 Å². The lowest BCUT2D eigenvalue weighted by atomic mass is 10.1. The highest BCUT2D eigenvalue weighted by Gasteiger charge is 2.03. The first-order valence-electron chi connectivity index (χ1n) is 4.12. The van der Waals surface area contributed by atoms with Gasteiger partial charge in [0.2, 0.25) is 0 Å². The van der Waals surface area contributed by atoms with Crippen molar-refractivity contribution < 1.29 is 9.25 Å². The van der Waals surface area contributed by atoms with Gasteiger partial charge in [-0.1, -0.05) is 0 Å². The summed E-state index contributed by atoms with van der Waals surface area (Å²) >= 11 is 0. The molecule has 0 bridgehead atoms. The fourth-order valence-corrected chi connectivity index (χ4v) is 1.38. The van der Waals surface area contributed by atoms with Gasteiger partial charge in [-0.25, -0.2) is 4.79 Å². The van der Waals surface area contributed by atoms with Gasteiger partial charge in [0.15, 0.2) is 5.75 Å². The van der Waals surface area contributed by atoms with Crippen molar-refractivity contribution in [1.29, 1.82) is 0 Å². The van der Waals surface area contributed by atoms with Crippen LogP contribution in [0, 0.1) is 6.92 Å². The van der Waals surface area contributed by atoms with Crippen LogP contribution in [0.5, 0.6) is 5.75 Å². The molecular weight excluding hydrogens is 182 g/mol. The molecule has 1 aromatic carbocycles. The van der Waals surface area contributed by atoms with E-state index in [4.69, 9.17) is 10.3 Å². The SMILES string of the molecule is Cc1cc(=O)oc2cc(ON)ccc12. The van der Waals surface area contributed by atoms with Crippen LogP contribution in [0.2, 0.25) is 0 Å². The minimum atomic E-state index is -0.371. The Labute approximate surface area is 79.9 Å². The Balaban J connectivity index is 2.82. The summed E-state index contributed by atoms with van der Waals surface area (Å²) in [4.78, 5) is 15.6. The number of benzene rings is 1. The van der Waals surface area contributed by atoms with Crippen molar-refractivity contribution in [1.82, 2.24) is 0 Å². The standard InChI is InChI=1S/C10H9NO3/c1-6-4-10(12)13-9-5-7(14-11)2-3-8(6)9/h2-5H,11H2,1H3. The van der Waals surface area contributed by atoms with E-state index in [1.807, 2.05) is 6.92 Å². The number of rotatable bonds is 1. The minimum absolute atomic E-state index is 0.371. The van der Waals surface area contributed by atoms with Gasteiger partial charge in [0.1, 0.15) is 5.58 Å².